The highest BCUT2D eigenvalue weighted by Crippen LogP contribution is 2.27. The Morgan fingerprint density at radius 3 is 2.52 bits per heavy atom. The standard InChI is InChI=1S/C20H16N4O2S/c1-26-17-8-4-13(5-9-17)18-12-27-20(24-18)15(10-21)11-23-16-6-2-14(3-7-16)19(22)25/h2-9,11-12,23H,1H3,(H2,22,25)/b15-11+. The summed E-state index contributed by atoms with van der Waals surface area (Å²) in [6, 6.07) is 16.4. The van der Waals surface area contributed by atoms with E-state index in [1.54, 1.807) is 37.6 Å². The quantitative estimate of drug-likeness (QED) is 0.636. The number of hydrogen-bond donors (Lipinski definition) is 2. The smallest absolute Gasteiger partial charge is 0.248 e. The molecule has 0 spiro atoms. The number of primary amides is 1. The minimum atomic E-state index is -0.483. The lowest BCUT2D eigenvalue weighted by Gasteiger charge is -2.02. The van der Waals surface area contributed by atoms with Crippen LogP contribution in [0.4, 0.5) is 5.69 Å². The van der Waals surface area contributed by atoms with Crippen molar-refractivity contribution < 1.29 is 9.53 Å². The number of methoxy groups -OCH3 is 1. The van der Waals surface area contributed by atoms with Crippen molar-refractivity contribution >= 4 is 28.5 Å². The zero-order valence-electron chi connectivity index (χ0n) is 14.5. The average Bonchev–Trinajstić information content (AvgIpc) is 3.19. The molecule has 3 N–H and O–H groups in total. The first-order chi connectivity index (χ1) is 13.1. The van der Waals surface area contributed by atoms with Crippen molar-refractivity contribution in [1.29, 1.82) is 5.26 Å². The normalized spacial score (nSPS) is 10.9. The molecule has 1 amide bonds. The van der Waals surface area contributed by atoms with E-state index in [-0.39, 0.29) is 0 Å². The van der Waals surface area contributed by atoms with E-state index in [1.807, 2.05) is 29.6 Å². The second-order valence-electron chi connectivity index (χ2n) is 5.52. The summed E-state index contributed by atoms with van der Waals surface area (Å²) in [5.41, 5.74) is 8.54. The fourth-order valence-corrected chi connectivity index (χ4v) is 3.11. The Labute approximate surface area is 160 Å². The number of benzene rings is 2. The van der Waals surface area contributed by atoms with Crippen LogP contribution in [-0.2, 0) is 0 Å². The Hall–Kier alpha value is -3.63. The number of allylic oxidation sites excluding steroid dienone is 1. The number of ether oxygens (including phenoxy) is 1. The second kappa shape index (κ2) is 8.17. The number of rotatable bonds is 6. The number of carbonyl (C=O) groups excluding carboxylic acids is 1. The van der Waals surface area contributed by atoms with Crippen molar-refractivity contribution in [3.63, 3.8) is 0 Å². The Morgan fingerprint density at radius 1 is 1.22 bits per heavy atom. The number of amides is 1. The van der Waals surface area contributed by atoms with Crippen LogP contribution in [0.3, 0.4) is 0 Å². The summed E-state index contributed by atoms with van der Waals surface area (Å²) in [5.74, 6) is 0.294. The molecule has 0 bridgehead atoms. The number of nitrogens with one attached hydrogen (secondary N) is 1. The lowest BCUT2D eigenvalue weighted by Crippen LogP contribution is -2.10. The fraction of sp³-hybridized carbons (Fsp3) is 0.0500. The van der Waals surface area contributed by atoms with Gasteiger partial charge in [0.05, 0.1) is 12.8 Å². The van der Waals surface area contributed by atoms with Crippen LogP contribution in [0.2, 0.25) is 0 Å². The van der Waals surface area contributed by atoms with Gasteiger partial charge < -0.3 is 15.8 Å². The molecule has 1 heterocycles. The van der Waals surface area contributed by atoms with Gasteiger partial charge in [0.2, 0.25) is 5.91 Å². The van der Waals surface area contributed by atoms with Crippen LogP contribution in [0.1, 0.15) is 15.4 Å². The van der Waals surface area contributed by atoms with E-state index in [4.69, 9.17) is 10.5 Å². The first kappa shape index (κ1) is 18.2. The minimum absolute atomic E-state index is 0.415. The third kappa shape index (κ3) is 4.32. The Bertz CT molecular complexity index is 1020. The summed E-state index contributed by atoms with van der Waals surface area (Å²) < 4.78 is 5.16. The lowest BCUT2D eigenvalue weighted by molar-refractivity contribution is 0.100. The first-order valence-corrected chi connectivity index (χ1v) is 8.85. The molecule has 0 aliphatic heterocycles. The Morgan fingerprint density at radius 2 is 1.93 bits per heavy atom. The fourth-order valence-electron chi connectivity index (χ4n) is 2.32. The van der Waals surface area contributed by atoms with E-state index in [9.17, 15) is 10.1 Å². The van der Waals surface area contributed by atoms with Gasteiger partial charge in [0, 0.05) is 28.4 Å². The number of anilines is 1. The molecule has 0 atom stereocenters. The third-order valence-electron chi connectivity index (χ3n) is 3.79. The van der Waals surface area contributed by atoms with Gasteiger partial charge in [-0.1, -0.05) is 0 Å². The summed E-state index contributed by atoms with van der Waals surface area (Å²) >= 11 is 1.39. The monoisotopic (exact) mass is 376 g/mol. The van der Waals surface area contributed by atoms with E-state index in [1.165, 1.54) is 11.3 Å². The van der Waals surface area contributed by atoms with Crippen LogP contribution < -0.4 is 15.8 Å². The van der Waals surface area contributed by atoms with Crippen molar-refractivity contribution in [3.8, 4) is 23.1 Å². The number of aromatic nitrogens is 1. The Kier molecular flexibility index (Phi) is 5.50. The maximum Gasteiger partial charge on any atom is 0.248 e. The summed E-state index contributed by atoms with van der Waals surface area (Å²) in [4.78, 5) is 15.6. The zero-order valence-corrected chi connectivity index (χ0v) is 15.3. The molecular formula is C20H16N4O2S. The van der Waals surface area contributed by atoms with E-state index in [2.05, 4.69) is 16.4 Å². The van der Waals surface area contributed by atoms with Gasteiger partial charge in [0.25, 0.3) is 0 Å². The molecule has 0 aliphatic rings. The Balaban J connectivity index is 1.77. The molecule has 3 rings (SSSR count). The van der Waals surface area contributed by atoms with Crippen LogP contribution in [0.15, 0.2) is 60.1 Å². The highest BCUT2D eigenvalue weighted by Gasteiger charge is 2.09. The molecule has 2 aromatic carbocycles. The van der Waals surface area contributed by atoms with Gasteiger partial charge in [0.1, 0.15) is 22.4 Å². The predicted molar refractivity (Wildman–Crippen MR) is 106 cm³/mol. The number of nitriles is 1. The van der Waals surface area contributed by atoms with E-state index in [0.29, 0.717) is 16.1 Å². The van der Waals surface area contributed by atoms with Crippen LogP contribution in [0.25, 0.3) is 16.8 Å². The average molecular weight is 376 g/mol. The van der Waals surface area contributed by atoms with Gasteiger partial charge in [-0.2, -0.15) is 5.26 Å². The number of nitrogens with two attached hydrogens (primary N) is 1. The van der Waals surface area contributed by atoms with Gasteiger partial charge in [0.15, 0.2) is 0 Å². The predicted octanol–water partition coefficient (Wildman–Crippen LogP) is 3.89. The maximum absolute atomic E-state index is 11.1. The topological polar surface area (TPSA) is 101 Å². The SMILES string of the molecule is COc1ccc(-c2csc(/C(C#N)=C/Nc3ccc(C(N)=O)cc3)n2)cc1. The number of nitrogens with zero attached hydrogens (tertiary/aromatic N) is 2. The molecule has 1 aromatic heterocycles. The van der Waals surface area contributed by atoms with Crippen molar-refractivity contribution in [3.05, 3.63) is 70.7 Å². The lowest BCUT2D eigenvalue weighted by atomic mass is 10.2. The first-order valence-electron chi connectivity index (χ1n) is 7.97. The molecule has 0 radical (unpaired) electrons. The number of thiazole rings is 1. The van der Waals surface area contributed by atoms with Crippen LogP contribution >= 0.6 is 11.3 Å². The van der Waals surface area contributed by atoms with E-state index in [0.717, 1.165) is 22.7 Å². The molecule has 134 valence electrons. The molecule has 6 nitrogen and oxygen atoms in total. The van der Waals surface area contributed by atoms with Gasteiger partial charge >= 0.3 is 0 Å². The molecule has 3 aromatic rings. The highest BCUT2D eigenvalue weighted by molar-refractivity contribution is 7.11. The molecule has 0 saturated heterocycles. The summed E-state index contributed by atoms with van der Waals surface area (Å²) in [7, 11) is 1.62. The zero-order chi connectivity index (χ0) is 19.2. The number of carbonyl (C=O) groups is 1. The maximum atomic E-state index is 11.1. The largest absolute Gasteiger partial charge is 0.497 e. The summed E-state index contributed by atoms with van der Waals surface area (Å²) in [6.07, 6.45) is 1.59. The van der Waals surface area contributed by atoms with Crippen molar-refractivity contribution in [1.82, 2.24) is 4.98 Å². The van der Waals surface area contributed by atoms with Crippen molar-refractivity contribution in [2.45, 2.75) is 0 Å². The van der Waals surface area contributed by atoms with Crippen LogP contribution in [-0.4, -0.2) is 18.0 Å². The third-order valence-corrected chi connectivity index (χ3v) is 4.67. The van der Waals surface area contributed by atoms with Crippen LogP contribution in [0.5, 0.6) is 5.75 Å². The van der Waals surface area contributed by atoms with Crippen LogP contribution in [0, 0.1) is 11.3 Å². The van der Waals surface area contributed by atoms with E-state index < -0.39 is 5.91 Å². The van der Waals surface area contributed by atoms with Crippen molar-refractivity contribution in [2.75, 3.05) is 12.4 Å². The molecular weight excluding hydrogens is 360 g/mol. The molecule has 27 heavy (non-hydrogen) atoms. The van der Waals surface area contributed by atoms with Gasteiger partial charge in [-0.25, -0.2) is 4.98 Å². The molecule has 7 heteroatoms. The summed E-state index contributed by atoms with van der Waals surface area (Å²) in [6.45, 7) is 0. The second-order valence-corrected chi connectivity index (χ2v) is 6.38. The highest BCUT2D eigenvalue weighted by atomic mass is 32.1. The van der Waals surface area contributed by atoms with Crippen molar-refractivity contribution in [2.24, 2.45) is 5.73 Å². The van der Waals surface area contributed by atoms with Gasteiger partial charge in [-0.3, -0.25) is 4.79 Å². The molecule has 0 aliphatic carbocycles. The summed E-state index contributed by atoms with van der Waals surface area (Å²) in [5, 5.41) is 15.0. The van der Waals surface area contributed by atoms with Gasteiger partial charge in [-0.05, 0) is 48.5 Å². The van der Waals surface area contributed by atoms with E-state index >= 15 is 0 Å². The molecule has 0 saturated carbocycles. The molecule has 0 fully saturated rings. The minimum Gasteiger partial charge on any atom is -0.497 e. The number of hydrogen-bond acceptors (Lipinski definition) is 6. The molecule has 0 unspecified atom stereocenters. The van der Waals surface area contributed by atoms with Gasteiger partial charge in [-0.15, -0.1) is 11.3 Å².